The lowest BCUT2D eigenvalue weighted by molar-refractivity contribution is -0.121. The van der Waals surface area contributed by atoms with Crippen molar-refractivity contribution in [3.63, 3.8) is 0 Å². The molecule has 6 nitrogen and oxygen atoms in total. The molecule has 0 saturated carbocycles. The van der Waals surface area contributed by atoms with Gasteiger partial charge in [0.2, 0.25) is 5.91 Å². The van der Waals surface area contributed by atoms with Gasteiger partial charge in [-0.2, -0.15) is 0 Å². The maximum atomic E-state index is 12.9. The molecule has 2 aromatic rings. The second-order valence-corrected chi connectivity index (χ2v) is 8.48. The molecule has 1 aliphatic carbocycles. The molecular formula is C22H26FN3O3S. The predicted molar refractivity (Wildman–Crippen MR) is 114 cm³/mol. The van der Waals surface area contributed by atoms with Crippen molar-refractivity contribution in [2.75, 3.05) is 6.54 Å². The van der Waals surface area contributed by atoms with E-state index in [1.165, 1.54) is 58.9 Å². The maximum absolute atomic E-state index is 12.9. The van der Waals surface area contributed by atoms with Crippen molar-refractivity contribution < 1.29 is 18.8 Å². The quantitative estimate of drug-likeness (QED) is 0.483. The van der Waals surface area contributed by atoms with E-state index in [2.05, 4.69) is 16.2 Å². The molecule has 3 amide bonds. The highest BCUT2D eigenvalue weighted by Crippen LogP contribution is 2.28. The first-order chi connectivity index (χ1) is 14.5. The van der Waals surface area contributed by atoms with Gasteiger partial charge in [-0.3, -0.25) is 25.2 Å². The van der Waals surface area contributed by atoms with Crippen molar-refractivity contribution in [3.8, 4) is 0 Å². The summed E-state index contributed by atoms with van der Waals surface area (Å²) in [6, 6.07) is 7.19. The Kier molecular flexibility index (Phi) is 7.96. The summed E-state index contributed by atoms with van der Waals surface area (Å²) in [4.78, 5) is 38.1. The molecule has 0 bridgehead atoms. The number of amides is 3. The van der Waals surface area contributed by atoms with Crippen LogP contribution in [0.2, 0.25) is 0 Å². The highest BCUT2D eigenvalue weighted by atomic mass is 32.1. The van der Waals surface area contributed by atoms with Gasteiger partial charge >= 0.3 is 0 Å². The van der Waals surface area contributed by atoms with Gasteiger partial charge in [-0.25, -0.2) is 4.39 Å². The largest absolute Gasteiger partial charge is 0.352 e. The van der Waals surface area contributed by atoms with E-state index in [1.54, 1.807) is 0 Å². The summed E-state index contributed by atoms with van der Waals surface area (Å²) in [5, 5.41) is 2.68. The Morgan fingerprint density at radius 2 is 1.67 bits per heavy atom. The summed E-state index contributed by atoms with van der Waals surface area (Å²) >= 11 is 1.51. The summed E-state index contributed by atoms with van der Waals surface area (Å²) in [6.45, 7) is 0.301. The molecule has 0 radical (unpaired) electrons. The van der Waals surface area contributed by atoms with Crippen LogP contribution in [0, 0.1) is 5.82 Å². The van der Waals surface area contributed by atoms with Gasteiger partial charge in [0.25, 0.3) is 11.8 Å². The van der Waals surface area contributed by atoms with Crippen LogP contribution in [0.3, 0.4) is 0 Å². The first kappa shape index (κ1) is 22.0. The molecule has 160 valence electrons. The molecule has 0 atom stereocenters. The standard InChI is InChI=1S/C22H26FN3O3S/c23-17-11-9-15(10-12-17)21(28)24-13-5-8-20(27)25-26-22(29)19-14-16-6-3-1-2-4-7-18(16)30-19/h9-12,14H,1-8,13H2,(H,24,28)(H,25,27)(H,26,29). The maximum Gasteiger partial charge on any atom is 0.279 e. The monoisotopic (exact) mass is 431 g/mol. The van der Waals surface area contributed by atoms with Crippen LogP contribution in [-0.4, -0.2) is 24.3 Å². The van der Waals surface area contributed by atoms with Gasteiger partial charge in [0.05, 0.1) is 4.88 Å². The smallest absolute Gasteiger partial charge is 0.279 e. The highest BCUT2D eigenvalue weighted by Gasteiger charge is 2.16. The molecule has 30 heavy (non-hydrogen) atoms. The van der Waals surface area contributed by atoms with Crippen molar-refractivity contribution in [1.82, 2.24) is 16.2 Å². The van der Waals surface area contributed by atoms with Gasteiger partial charge in [0, 0.05) is 23.4 Å². The zero-order valence-corrected chi connectivity index (χ0v) is 17.6. The fraction of sp³-hybridized carbons (Fsp3) is 0.409. The van der Waals surface area contributed by atoms with Crippen LogP contribution in [0.15, 0.2) is 30.3 Å². The summed E-state index contributed by atoms with van der Waals surface area (Å²) in [6.07, 6.45) is 7.38. The summed E-state index contributed by atoms with van der Waals surface area (Å²) in [7, 11) is 0. The normalized spacial score (nSPS) is 13.5. The molecule has 1 aromatic heterocycles. The molecular weight excluding hydrogens is 405 g/mol. The Morgan fingerprint density at radius 3 is 2.43 bits per heavy atom. The van der Waals surface area contributed by atoms with Gasteiger partial charge in [-0.05, 0) is 68.0 Å². The number of aryl methyl sites for hydroxylation is 2. The van der Waals surface area contributed by atoms with E-state index in [-0.39, 0.29) is 24.1 Å². The van der Waals surface area contributed by atoms with Crippen molar-refractivity contribution in [3.05, 3.63) is 57.0 Å². The lowest BCUT2D eigenvalue weighted by Crippen LogP contribution is -2.41. The molecule has 0 spiro atoms. The molecule has 3 rings (SSSR count). The number of hydrogen-bond acceptors (Lipinski definition) is 4. The minimum Gasteiger partial charge on any atom is -0.352 e. The summed E-state index contributed by atoms with van der Waals surface area (Å²) in [5.41, 5.74) is 6.51. The van der Waals surface area contributed by atoms with Gasteiger partial charge in [0.15, 0.2) is 0 Å². The van der Waals surface area contributed by atoms with Gasteiger partial charge < -0.3 is 5.32 Å². The van der Waals surface area contributed by atoms with E-state index in [0.29, 0.717) is 23.4 Å². The van der Waals surface area contributed by atoms with Crippen LogP contribution in [0.25, 0.3) is 0 Å². The Bertz CT molecular complexity index is 870. The number of carbonyl (C=O) groups is 3. The number of hydrazine groups is 1. The number of carbonyl (C=O) groups excluding carboxylic acids is 3. The third-order valence-corrected chi connectivity index (χ3v) is 6.24. The molecule has 1 aromatic carbocycles. The van der Waals surface area contributed by atoms with Crippen LogP contribution in [0.4, 0.5) is 4.39 Å². The number of nitrogens with one attached hydrogen (secondary N) is 3. The highest BCUT2D eigenvalue weighted by molar-refractivity contribution is 7.14. The van der Waals surface area contributed by atoms with Crippen molar-refractivity contribution in [1.29, 1.82) is 0 Å². The number of halogens is 1. The van der Waals surface area contributed by atoms with Crippen LogP contribution in [-0.2, 0) is 17.6 Å². The third-order valence-electron chi connectivity index (χ3n) is 5.01. The zero-order valence-electron chi connectivity index (χ0n) is 16.8. The second kappa shape index (κ2) is 10.9. The Balaban J connectivity index is 1.36. The Labute approximate surface area is 179 Å². The van der Waals surface area contributed by atoms with E-state index >= 15 is 0 Å². The first-order valence-electron chi connectivity index (χ1n) is 10.3. The van der Waals surface area contributed by atoms with Crippen LogP contribution >= 0.6 is 11.3 Å². The molecule has 0 fully saturated rings. The summed E-state index contributed by atoms with van der Waals surface area (Å²) < 4.78 is 12.9. The number of hydrogen-bond donors (Lipinski definition) is 3. The second-order valence-electron chi connectivity index (χ2n) is 7.34. The molecule has 0 aliphatic heterocycles. The Hall–Kier alpha value is -2.74. The molecule has 0 saturated heterocycles. The first-order valence-corrected chi connectivity index (χ1v) is 11.1. The number of thiophene rings is 1. The molecule has 0 unspecified atom stereocenters. The summed E-state index contributed by atoms with van der Waals surface area (Å²) in [5.74, 6) is -1.35. The van der Waals surface area contributed by atoms with Gasteiger partial charge in [-0.15, -0.1) is 11.3 Å². The van der Waals surface area contributed by atoms with Crippen LogP contribution in [0.1, 0.15) is 69.0 Å². The molecule has 1 aliphatic rings. The van der Waals surface area contributed by atoms with Crippen molar-refractivity contribution in [2.45, 2.75) is 51.4 Å². The third kappa shape index (κ3) is 6.38. The minimum absolute atomic E-state index is 0.158. The van der Waals surface area contributed by atoms with E-state index < -0.39 is 5.82 Å². The Morgan fingerprint density at radius 1 is 0.933 bits per heavy atom. The lowest BCUT2D eigenvalue weighted by Gasteiger charge is -2.07. The zero-order chi connectivity index (χ0) is 21.3. The van der Waals surface area contributed by atoms with Crippen LogP contribution < -0.4 is 16.2 Å². The van der Waals surface area contributed by atoms with Crippen LogP contribution in [0.5, 0.6) is 0 Å². The molecule has 8 heteroatoms. The SMILES string of the molecule is O=C(CCCNC(=O)c1ccc(F)cc1)NNC(=O)c1cc2c(s1)CCCCCC2. The fourth-order valence-corrected chi connectivity index (χ4v) is 4.51. The molecule has 3 N–H and O–H groups in total. The topological polar surface area (TPSA) is 87.3 Å². The fourth-order valence-electron chi connectivity index (χ4n) is 3.36. The predicted octanol–water partition coefficient (Wildman–Crippen LogP) is 3.52. The van der Waals surface area contributed by atoms with Gasteiger partial charge in [-0.1, -0.05) is 12.8 Å². The average molecular weight is 432 g/mol. The van der Waals surface area contributed by atoms with E-state index in [9.17, 15) is 18.8 Å². The van der Waals surface area contributed by atoms with Crippen molar-refractivity contribution in [2.24, 2.45) is 0 Å². The van der Waals surface area contributed by atoms with E-state index in [4.69, 9.17) is 0 Å². The number of rotatable bonds is 6. The van der Waals surface area contributed by atoms with Crippen molar-refractivity contribution >= 4 is 29.1 Å². The lowest BCUT2D eigenvalue weighted by atomic mass is 10.00. The van der Waals surface area contributed by atoms with E-state index in [0.717, 1.165) is 25.7 Å². The molecule has 1 heterocycles. The average Bonchev–Trinajstić information content (AvgIpc) is 3.11. The van der Waals surface area contributed by atoms with E-state index in [1.807, 2.05) is 6.07 Å². The number of benzene rings is 1. The van der Waals surface area contributed by atoms with Gasteiger partial charge in [0.1, 0.15) is 5.82 Å². The number of fused-ring (bicyclic) bond motifs is 1. The minimum atomic E-state index is -0.404.